The van der Waals surface area contributed by atoms with E-state index in [2.05, 4.69) is 16.7 Å². The Bertz CT molecular complexity index is 790. The normalized spacial score (nSPS) is 30.8. The van der Waals surface area contributed by atoms with E-state index in [-0.39, 0.29) is 36.8 Å². The summed E-state index contributed by atoms with van der Waals surface area (Å²) in [6.07, 6.45) is 6.17. The molecule has 2 aliphatic heterocycles. The molecule has 3 aliphatic rings. The summed E-state index contributed by atoms with van der Waals surface area (Å²) in [5.74, 6) is -0.560. The highest BCUT2D eigenvalue weighted by molar-refractivity contribution is 5.79. The first-order chi connectivity index (χ1) is 15.6. The first-order valence-corrected chi connectivity index (χ1v) is 11.7. The van der Waals surface area contributed by atoms with Crippen molar-refractivity contribution in [3.8, 4) is 0 Å². The number of carboxylic acids is 1. The molecule has 0 aromatic heterocycles. The second-order valence-electron chi connectivity index (χ2n) is 9.20. The van der Waals surface area contributed by atoms with Crippen LogP contribution in [-0.2, 0) is 30.4 Å². The van der Waals surface area contributed by atoms with E-state index in [1.54, 1.807) is 0 Å². The number of carbonyl (C=O) groups excluding carboxylic acids is 1. The molecule has 8 nitrogen and oxygen atoms in total. The minimum absolute atomic E-state index is 0.0449. The number of aliphatic carboxylic acids is 1. The highest BCUT2D eigenvalue weighted by atomic mass is 16.5. The molecule has 0 unspecified atom stereocenters. The molecular formula is C24H34N2O6. The molecule has 176 valence electrons. The highest BCUT2D eigenvalue weighted by Crippen LogP contribution is 2.36. The fourth-order valence-corrected chi connectivity index (χ4v) is 5.35. The Labute approximate surface area is 189 Å². The maximum absolute atomic E-state index is 11.9. The number of amides is 1. The van der Waals surface area contributed by atoms with Crippen LogP contribution in [0.25, 0.3) is 0 Å². The number of ether oxygens (including phenoxy) is 3. The monoisotopic (exact) mass is 446 g/mol. The van der Waals surface area contributed by atoms with Crippen LogP contribution in [0, 0.1) is 0 Å². The van der Waals surface area contributed by atoms with E-state index in [4.69, 9.17) is 19.3 Å². The van der Waals surface area contributed by atoms with E-state index in [0.29, 0.717) is 25.7 Å². The highest BCUT2D eigenvalue weighted by Gasteiger charge is 2.45. The van der Waals surface area contributed by atoms with Crippen molar-refractivity contribution in [1.29, 1.82) is 0 Å². The smallest absolute Gasteiger partial charge is 0.329 e. The number of hydrogen-bond donors (Lipinski definition) is 3. The largest absolute Gasteiger partial charge is 0.480 e. The SMILES string of the molecule is O=C(O)COCc1ccccc1C1CCC(OC[C@@H]2NCCC[C@@]23COCC(=O)N3)CC1. The van der Waals surface area contributed by atoms with Crippen LogP contribution < -0.4 is 10.6 Å². The Balaban J connectivity index is 1.28. The van der Waals surface area contributed by atoms with Gasteiger partial charge in [-0.3, -0.25) is 4.79 Å². The van der Waals surface area contributed by atoms with Crippen LogP contribution in [0.1, 0.15) is 55.6 Å². The summed E-state index contributed by atoms with van der Waals surface area (Å²) in [7, 11) is 0. The molecule has 1 spiro atoms. The third-order valence-corrected chi connectivity index (χ3v) is 6.99. The van der Waals surface area contributed by atoms with Crippen molar-refractivity contribution in [3.05, 3.63) is 35.4 Å². The lowest BCUT2D eigenvalue weighted by Crippen LogP contribution is -2.70. The van der Waals surface area contributed by atoms with Crippen LogP contribution in [0.15, 0.2) is 24.3 Å². The standard InChI is InChI=1S/C24H34N2O6/c27-22-14-31-16-24(26-22)10-3-11-25-21(24)13-32-19-8-6-17(7-9-19)20-5-2-1-4-18(20)12-30-15-23(28)29/h1-2,4-5,17,19,21,25H,3,6-16H2,(H,26,27)(H,28,29)/t17?,19?,21-,24+/m0/s1. The van der Waals surface area contributed by atoms with Crippen LogP contribution >= 0.6 is 0 Å². The topological polar surface area (TPSA) is 106 Å². The van der Waals surface area contributed by atoms with Gasteiger partial charge >= 0.3 is 5.97 Å². The number of rotatable bonds is 8. The van der Waals surface area contributed by atoms with Gasteiger partial charge in [-0.25, -0.2) is 4.79 Å². The van der Waals surface area contributed by atoms with Crippen molar-refractivity contribution in [2.45, 2.75) is 68.7 Å². The Morgan fingerprint density at radius 3 is 2.81 bits per heavy atom. The van der Waals surface area contributed by atoms with E-state index >= 15 is 0 Å². The number of benzene rings is 1. The van der Waals surface area contributed by atoms with E-state index in [1.807, 2.05) is 18.2 Å². The summed E-state index contributed by atoms with van der Waals surface area (Å²) in [4.78, 5) is 22.7. The molecule has 1 amide bonds. The lowest BCUT2D eigenvalue weighted by Gasteiger charge is -2.47. The van der Waals surface area contributed by atoms with Gasteiger partial charge in [-0.1, -0.05) is 24.3 Å². The van der Waals surface area contributed by atoms with Gasteiger partial charge in [-0.15, -0.1) is 0 Å². The lowest BCUT2D eigenvalue weighted by molar-refractivity contribution is -0.142. The van der Waals surface area contributed by atoms with Gasteiger partial charge in [0.15, 0.2) is 0 Å². The van der Waals surface area contributed by atoms with Crippen LogP contribution in [0.4, 0.5) is 0 Å². The van der Waals surface area contributed by atoms with Crippen molar-refractivity contribution in [2.24, 2.45) is 0 Å². The van der Waals surface area contributed by atoms with E-state index in [9.17, 15) is 9.59 Å². The Hall–Kier alpha value is -2.00. The third kappa shape index (κ3) is 5.67. The molecule has 1 aromatic rings. The van der Waals surface area contributed by atoms with Gasteiger partial charge in [-0.2, -0.15) is 0 Å². The van der Waals surface area contributed by atoms with Crippen LogP contribution in [0.5, 0.6) is 0 Å². The van der Waals surface area contributed by atoms with Crippen molar-refractivity contribution in [3.63, 3.8) is 0 Å². The molecular weight excluding hydrogens is 412 g/mol. The minimum atomic E-state index is -0.950. The summed E-state index contributed by atoms with van der Waals surface area (Å²) in [6.45, 7) is 2.21. The molecule has 1 saturated carbocycles. The first kappa shape index (κ1) is 23.2. The molecule has 2 saturated heterocycles. The molecule has 4 rings (SSSR count). The van der Waals surface area contributed by atoms with E-state index in [1.165, 1.54) is 5.56 Å². The van der Waals surface area contributed by atoms with Gasteiger partial charge in [0.25, 0.3) is 0 Å². The summed E-state index contributed by atoms with van der Waals surface area (Å²) in [5.41, 5.74) is 1.96. The van der Waals surface area contributed by atoms with Crippen molar-refractivity contribution < 1.29 is 28.9 Å². The van der Waals surface area contributed by atoms with Crippen LogP contribution in [0.3, 0.4) is 0 Å². The molecule has 2 heterocycles. The number of carbonyl (C=O) groups is 2. The molecule has 2 atom stereocenters. The Morgan fingerprint density at radius 2 is 2.03 bits per heavy atom. The number of piperidine rings is 1. The number of morpholine rings is 1. The van der Waals surface area contributed by atoms with Crippen molar-refractivity contribution in [1.82, 2.24) is 10.6 Å². The van der Waals surface area contributed by atoms with Crippen LogP contribution in [-0.4, -0.2) is 67.6 Å². The maximum atomic E-state index is 11.9. The van der Waals surface area contributed by atoms with Gasteiger partial charge in [0, 0.05) is 0 Å². The summed E-state index contributed by atoms with van der Waals surface area (Å²) < 4.78 is 17.2. The zero-order chi connectivity index (χ0) is 22.4. The zero-order valence-corrected chi connectivity index (χ0v) is 18.5. The van der Waals surface area contributed by atoms with Gasteiger partial charge in [0.05, 0.1) is 37.5 Å². The third-order valence-electron chi connectivity index (χ3n) is 6.99. The number of carboxylic acid groups (broad SMARTS) is 1. The average Bonchev–Trinajstić information content (AvgIpc) is 2.79. The minimum Gasteiger partial charge on any atom is -0.480 e. The molecule has 1 aliphatic carbocycles. The van der Waals surface area contributed by atoms with Gasteiger partial charge in [0.2, 0.25) is 5.91 Å². The van der Waals surface area contributed by atoms with Gasteiger partial charge in [-0.05, 0) is 62.1 Å². The zero-order valence-electron chi connectivity index (χ0n) is 18.5. The first-order valence-electron chi connectivity index (χ1n) is 11.7. The summed E-state index contributed by atoms with van der Waals surface area (Å²) in [6, 6.07) is 8.22. The quantitative estimate of drug-likeness (QED) is 0.561. The second-order valence-corrected chi connectivity index (χ2v) is 9.20. The lowest BCUT2D eigenvalue weighted by atomic mass is 9.80. The molecule has 8 heteroatoms. The number of hydrogen-bond acceptors (Lipinski definition) is 6. The Morgan fingerprint density at radius 1 is 1.22 bits per heavy atom. The van der Waals surface area contributed by atoms with Crippen molar-refractivity contribution in [2.75, 3.05) is 33.0 Å². The fourth-order valence-electron chi connectivity index (χ4n) is 5.35. The number of nitrogens with one attached hydrogen (secondary N) is 2. The van der Waals surface area contributed by atoms with Crippen molar-refractivity contribution >= 4 is 11.9 Å². The molecule has 32 heavy (non-hydrogen) atoms. The molecule has 1 aromatic carbocycles. The molecule has 0 bridgehead atoms. The Kier molecular flexibility index (Phi) is 7.78. The maximum Gasteiger partial charge on any atom is 0.329 e. The second kappa shape index (κ2) is 10.7. The molecule has 3 N–H and O–H groups in total. The average molecular weight is 447 g/mol. The predicted octanol–water partition coefficient (Wildman–Crippen LogP) is 1.97. The summed E-state index contributed by atoms with van der Waals surface area (Å²) in [5, 5.41) is 15.5. The fraction of sp³-hybridized carbons (Fsp3) is 0.667. The molecule has 3 fully saturated rings. The van der Waals surface area contributed by atoms with Gasteiger partial charge < -0.3 is 30.0 Å². The predicted molar refractivity (Wildman–Crippen MR) is 117 cm³/mol. The van der Waals surface area contributed by atoms with Gasteiger partial charge in [0.1, 0.15) is 13.2 Å². The molecule has 0 radical (unpaired) electrons. The van der Waals surface area contributed by atoms with Crippen LogP contribution in [0.2, 0.25) is 0 Å². The van der Waals surface area contributed by atoms with E-state index < -0.39 is 5.97 Å². The van der Waals surface area contributed by atoms with E-state index in [0.717, 1.165) is 50.6 Å². The summed E-state index contributed by atoms with van der Waals surface area (Å²) >= 11 is 0.